The highest BCUT2D eigenvalue weighted by Gasteiger charge is 2.17. The number of esters is 1. The number of nitrogens with zero attached hydrogens (tertiary/aromatic N) is 3. The molecule has 0 aliphatic rings. The number of aromatic amines is 1. The van der Waals surface area contributed by atoms with Crippen molar-refractivity contribution in [3.8, 4) is 0 Å². The average Bonchev–Trinajstić information content (AvgIpc) is 2.82. The summed E-state index contributed by atoms with van der Waals surface area (Å²) >= 11 is 0. The van der Waals surface area contributed by atoms with Crippen LogP contribution in [0.3, 0.4) is 0 Å². The molecule has 1 aromatic heterocycles. The molecule has 0 atom stereocenters. The van der Waals surface area contributed by atoms with Gasteiger partial charge in [0.05, 0.1) is 19.7 Å². The van der Waals surface area contributed by atoms with Gasteiger partial charge >= 0.3 is 5.97 Å². The quantitative estimate of drug-likeness (QED) is 0.704. The van der Waals surface area contributed by atoms with Crippen molar-refractivity contribution >= 4 is 11.9 Å². The Balaban J connectivity index is 2.54. The minimum absolute atomic E-state index is 0.175. The van der Waals surface area contributed by atoms with E-state index in [9.17, 15) is 9.59 Å². The van der Waals surface area contributed by atoms with Crippen molar-refractivity contribution < 1.29 is 14.3 Å². The molecule has 0 aromatic carbocycles. The van der Waals surface area contributed by atoms with Gasteiger partial charge in [0.25, 0.3) is 5.91 Å². The lowest BCUT2D eigenvalue weighted by atomic mass is 10.3. The lowest BCUT2D eigenvalue weighted by Gasteiger charge is -2.18. The van der Waals surface area contributed by atoms with Crippen LogP contribution < -0.4 is 0 Å². The molecule has 1 amide bonds. The second-order valence-corrected chi connectivity index (χ2v) is 3.07. The first-order valence-corrected chi connectivity index (χ1v) is 4.91. The maximum Gasteiger partial charge on any atom is 0.307 e. The topological polar surface area (TPSA) is 88.2 Å². The number of hydrogen-bond donors (Lipinski definition) is 1. The molecule has 0 bridgehead atoms. The van der Waals surface area contributed by atoms with Gasteiger partial charge < -0.3 is 9.64 Å². The van der Waals surface area contributed by atoms with Crippen LogP contribution in [0.15, 0.2) is 6.20 Å². The third-order valence-electron chi connectivity index (χ3n) is 2.12. The normalized spacial score (nSPS) is 9.88. The molecule has 0 aliphatic carbocycles. The van der Waals surface area contributed by atoms with Crippen LogP contribution in [0, 0.1) is 0 Å². The van der Waals surface area contributed by atoms with Crippen molar-refractivity contribution in [1.29, 1.82) is 0 Å². The van der Waals surface area contributed by atoms with Crippen LogP contribution >= 0.6 is 0 Å². The third kappa shape index (κ3) is 3.04. The Morgan fingerprint density at radius 2 is 2.31 bits per heavy atom. The number of rotatable bonds is 5. The second-order valence-electron chi connectivity index (χ2n) is 3.07. The second kappa shape index (κ2) is 5.84. The fourth-order valence-electron chi connectivity index (χ4n) is 1.20. The fourth-order valence-corrected chi connectivity index (χ4v) is 1.20. The highest BCUT2D eigenvalue weighted by molar-refractivity contribution is 5.92. The Hall–Kier alpha value is -1.92. The first kappa shape index (κ1) is 12.2. The Bertz CT molecular complexity index is 350. The predicted molar refractivity (Wildman–Crippen MR) is 54.6 cm³/mol. The van der Waals surface area contributed by atoms with Crippen molar-refractivity contribution in [3.05, 3.63) is 11.9 Å². The lowest BCUT2D eigenvalue weighted by molar-refractivity contribution is -0.140. The molecule has 1 N–H and O–H groups in total. The summed E-state index contributed by atoms with van der Waals surface area (Å²) in [5, 5.41) is 9.61. The molecule has 1 rings (SSSR count). The highest BCUT2D eigenvalue weighted by atomic mass is 16.5. The zero-order valence-electron chi connectivity index (χ0n) is 9.27. The van der Waals surface area contributed by atoms with Crippen LogP contribution in [0.5, 0.6) is 0 Å². The predicted octanol–water partition coefficient (Wildman–Crippen LogP) is -0.170. The van der Waals surface area contributed by atoms with Crippen molar-refractivity contribution in [2.75, 3.05) is 20.2 Å². The van der Waals surface area contributed by atoms with E-state index in [1.165, 1.54) is 18.2 Å². The molecule has 0 unspecified atom stereocenters. The summed E-state index contributed by atoms with van der Waals surface area (Å²) in [6.45, 7) is 2.65. The largest absolute Gasteiger partial charge is 0.469 e. The molecule has 1 heterocycles. The maximum atomic E-state index is 11.8. The highest BCUT2D eigenvalue weighted by Crippen LogP contribution is 2.01. The summed E-state index contributed by atoms with van der Waals surface area (Å²) in [6, 6.07) is 0. The molecule has 88 valence electrons. The molecule has 0 radical (unpaired) electrons. The minimum atomic E-state index is -0.341. The van der Waals surface area contributed by atoms with E-state index in [0.717, 1.165) is 0 Å². The first-order chi connectivity index (χ1) is 7.69. The van der Waals surface area contributed by atoms with Gasteiger partial charge in [0, 0.05) is 13.1 Å². The Morgan fingerprint density at radius 1 is 1.56 bits per heavy atom. The van der Waals surface area contributed by atoms with Gasteiger partial charge in [0.1, 0.15) is 0 Å². The molecular weight excluding hydrogens is 212 g/mol. The number of aromatic nitrogens is 3. The van der Waals surface area contributed by atoms with Crippen LogP contribution in [0.2, 0.25) is 0 Å². The van der Waals surface area contributed by atoms with Crippen molar-refractivity contribution in [3.63, 3.8) is 0 Å². The van der Waals surface area contributed by atoms with E-state index in [4.69, 9.17) is 0 Å². The number of carbonyl (C=O) groups is 2. The number of nitrogens with one attached hydrogen (secondary N) is 1. The standard InChI is InChI=1S/C9H14N4O3/c1-3-13(5-4-8(14)16-2)9(15)7-6-10-12-11-7/h6H,3-5H2,1-2H3,(H,10,11,12). The Morgan fingerprint density at radius 3 is 2.81 bits per heavy atom. The van der Waals surface area contributed by atoms with Crippen LogP contribution in [0.25, 0.3) is 0 Å². The van der Waals surface area contributed by atoms with Gasteiger partial charge in [-0.1, -0.05) is 0 Å². The molecule has 7 nitrogen and oxygen atoms in total. The zero-order valence-corrected chi connectivity index (χ0v) is 9.27. The fraction of sp³-hybridized carbons (Fsp3) is 0.556. The SMILES string of the molecule is CCN(CCC(=O)OC)C(=O)c1cn[nH]n1. The number of amides is 1. The lowest BCUT2D eigenvalue weighted by Crippen LogP contribution is -2.33. The molecule has 0 spiro atoms. The number of carbonyl (C=O) groups excluding carboxylic acids is 2. The van der Waals surface area contributed by atoms with E-state index in [2.05, 4.69) is 20.1 Å². The van der Waals surface area contributed by atoms with Gasteiger partial charge in [-0.25, -0.2) is 0 Å². The molecule has 0 saturated carbocycles. The van der Waals surface area contributed by atoms with Gasteiger partial charge in [0.15, 0.2) is 5.69 Å². The first-order valence-electron chi connectivity index (χ1n) is 4.91. The minimum Gasteiger partial charge on any atom is -0.469 e. The van der Waals surface area contributed by atoms with E-state index < -0.39 is 0 Å². The molecule has 7 heteroatoms. The van der Waals surface area contributed by atoms with Crippen LogP contribution in [-0.2, 0) is 9.53 Å². The molecular formula is C9H14N4O3. The van der Waals surface area contributed by atoms with Gasteiger partial charge in [-0.3, -0.25) is 9.59 Å². The van der Waals surface area contributed by atoms with E-state index >= 15 is 0 Å². The molecule has 16 heavy (non-hydrogen) atoms. The summed E-state index contributed by atoms with van der Waals surface area (Å²) in [5.41, 5.74) is 0.242. The van der Waals surface area contributed by atoms with Gasteiger partial charge in [0.2, 0.25) is 0 Å². The van der Waals surface area contributed by atoms with E-state index in [-0.39, 0.29) is 24.0 Å². The van der Waals surface area contributed by atoms with Crippen LogP contribution in [0.1, 0.15) is 23.8 Å². The van der Waals surface area contributed by atoms with E-state index in [1.807, 2.05) is 6.92 Å². The van der Waals surface area contributed by atoms with Crippen LogP contribution in [0.4, 0.5) is 0 Å². The third-order valence-corrected chi connectivity index (χ3v) is 2.12. The number of ether oxygens (including phenoxy) is 1. The van der Waals surface area contributed by atoms with Crippen molar-refractivity contribution in [2.45, 2.75) is 13.3 Å². The van der Waals surface area contributed by atoms with Crippen LogP contribution in [-0.4, -0.2) is 52.4 Å². The van der Waals surface area contributed by atoms with Crippen molar-refractivity contribution in [2.24, 2.45) is 0 Å². The van der Waals surface area contributed by atoms with Gasteiger partial charge in [-0.2, -0.15) is 15.4 Å². The maximum absolute atomic E-state index is 11.8. The number of hydrogen-bond acceptors (Lipinski definition) is 5. The van der Waals surface area contributed by atoms with Gasteiger partial charge in [-0.05, 0) is 6.92 Å². The smallest absolute Gasteiger partial charge is 0.307 e. The number of H-pyrrole nitrogens is 1. The van der Waals surface area contributed by atoms with E-state index in [1.54, 1.807) is 0 Å². The summed E-state index contributed by atoms with van der Waals surface area (Å²) in [4.78, 5) is 24.2. The molecule has 0 fully saturated rings. The Labute approximate surface area is 92.8 Å². The summed E-state index contributed by atoms with van der Waals surface area (Å²) in [5.74, 6) is -0.591. The van der Waals surface area contributed by atoms with E-state index in [0.29, 0.717) is 13.1 Å². The molecule has 1 aromatic rings. The zero-order chi connectivity index (χ0) is 12.0. The number of methoxy groups -OCH3 is 1. The summed E-state index contributed by atoms with van der Waals surface area (Å²) < 4.78 is 4.50. The van der Waals surface area contributed by atoms with Gasteiger partial charge in [-0.15, -0.1) is 0 Å². The molecule has 0 aliphatic heterocycles. The average molecular weight is 226 g/mol. The Kier molecular flexibility index (Phi) is 4.43. The summed E-state index contributed by atoms with van der Waals surface area (Å²) in [7, 11) is 1.32. The molecule has 0 saturated heterocycles. The summed E-state index contributed by atoms with van der Waals surface area (Å²) in [6.07, 6.45) is 1.52. The monoisotopic (exact) mass is 226 g/mol. The van der Waals surface area contributed by atoms with Crippen molar-refractivity contribution in [1.82, 2.24) is 20.3 Å².